The molecule has 15 heavy (non-hydrogen) atoms. The summed E-state index contributed by atoms with van der Waals surface area (Å²) in [6.45, 7) is 2.75. The van der Waals surface area contributed by atoms with E-state index in [9.17, 15) is 9.50 Å². The van der Waals surface area contributed by atoms with Crippen LogP contribution in [0.3, 0.4) is 0 Å². The lowest BCUT2D eigenvalue weighted by Gasteiger charge is -2.14. The molecule has 0 radical (unpaired) electrons. The molecule has 1 aromatic carbocycles. The van der Waals surface area contributed by atoms with E-state index in [4.69, 9.17) is 0 Å². The molecule has 1 unspecified atom stereocenters. The van der Waals surface area contributed by atoms with Crippen LogP contribution in [0, 0.1) is 12.7 Å². The van der Waals surface area contributed by atoms with E-state index in [1.807, 2.05) is 0 Å². The van der Waals surface area contributed by atoms with Crippen molar-refractivity contribution in [1.29, 1.82) is 0 Å². The number of rotatable bonds is 2. The van der Waals surface area contributed by atoms with Crippen molar-refractivity contribution in [2.75, 3.05) is 6.54 Å². The fraction of sp³-hybridized carbons (Fsp3) is 0.500. The van der Waals surface area contributed by atoms with E-state index >= 15 is 0 Å². The molecule has 1 aliphatic heterocycles. The summed E-state index contributed by atoms with van der Waals surface area (Å²) in [5, 5.41) is 13.0. The topological polar surface area (TPSA) is 32.3 Å². The Bertz CT molecular complexity index is 359. The summed E-state index contributed by atoms with van der Waals surface area (Å²) in [5.74, 6) is -0.0246. The molecule has 0 saturated carbocycles. The Morgan fingerprint density at radius 2 is 2.33 bits per heavy atom. The van der Waals surface area contributed by atoms with Gasteiger partial charge in [0.2, 0.25) is 0 Å². The Morgan fingerprint density at radius 3 is 3.00 bits per heavy atom. The monoisotopic (exact) mass is 209 g/mol. The van der Waals surface area contributed by atoms with E-state index in [0.29, 0.717) is 11.6 Å². The Labute approximate surface area is 89.1 Å². The second-order valence-corrected chi connectivity index (χ2v) is 4.17. The second kappa shape index (κ2) is 4.19. The predicted octanol–water partition coefficient (Wildman–Crippen LogP) is 2.13. The molecular weight excluding hydrogens is 193 g/mol. The van der Waals surface area contributed by atoms with Gasteiger partial charge < -0.3 is 10.4 Å². The highest BCUT2D eigenvalue weighted by Gasteiger charge is 2.18. The lowest BCUT2D eigenvalue weighted by Crippen LogP contribution is -2.24. The minimum absolute atomic E-state index is 0.211. The molecule has 1 aliphatic rings. The van der Waals surface area contributed by atoms with E-state index < -0.39 is 0 Å². The zero-order valence-corrected chi connectivity index (χ0v) is 8.89. The molecule has 3 heteroatoms. The number of phenols is 1. The third kappa shape index (κ3) is 2.12. The van der Waals surface area contributed by atoms with E-state index in [1.165, 1.54) is 18.6 Å². The average molecular weight is 209 g/mol. The summed E-state index contributed by atoms with van der Waals surface area (Å²) in [4.78, 5) is 0. The molecule has 82 valence electrons. The Kier molecular flexibility index (Phi) is 2.91. The van der Waals surface area contributed by atoms with Gasteiger partial charge in [0.1, 0.15) is 11.6 Å². The molecule has 0 aromatic heterocycles. The number of nitrogens with one attached hydrogen (secondary N) is 1. The first-order valence-electron chi connectivity index (χ1n) is 5.39. The third-order valence-corrected chi connectivity index (χ3v) is 3.12. The van der Waals surface area contributed by atoms with Gasteiger partial charge in [0.25, 0.3) is 0 Å². The van der Waals surface area contributed by atoms with Crippen LogP contribution in [0.2, 0.25) is 0 Å². The van der Waals surface area contributed by atoms with Crippen molar-refractivity contribution in [1.82, 2.24) is 5.32 Å². The van der Waals surface area contributed by atoms with Crippen LogP contribution >= 0.6 is 0 Å². The lowest BCUT2D eigenvalue weighted by atomic mass is 9.99. The molecule has 1 atom stereocenters. The van der Waals surface area contributed by atoms with Crippen LogP contribution in [0.1, 0.15) is 24.0 Å². The highest BCUT2D eigenvalue weighted by Crippen LogP contribution is 2.26. The predicted molar refractivity (Wildman–Crippen MR) is 57.5 cm³/mol. The quantitative estimate of drug-likeness (QED) is 0.782. The largest absolute Gasteiger partial charge is 0.508 e. The number of halogens is 1. The molecule has 0 spiro atoms. The molecule has 2 rings (SSSR count). The minimum atomic E-state index is -0.235. The Balaban J connectivity index is 2.22. The van der Waals surface area contributed by atoms with Crippen molar-refractivity contribution < 1.29 is 9.50 Å². The maximum atomic E-state index is 13.3. The maximum absolute atomic E-state index is 13.3. The van der Waals surface area contributed by atoms with Gasteiger partial charge in [0.15, 0.2) is 0 Å². The van der Waals surface area contributed by atoms with Crippen molar-refractivity contribution >= 4 is 0 Å². The first-order chi connectivity index (χ1) is 7.18. The molecule has 2 N–H and O–H groups in total. The van der Waals surface area contributed by atoms with E-state index in [0.717, 1.165) is 24.9 Å². The van der Waals surface area contributed by atoms with Crippen LogP contribution in [-0.2, 0) is 6.42 Å². The zero-order chi connectivity index (χ0) is 10.8. The van der Waals surface area contributed by atoms with Gasteiger partial charge in [-0.15, -0.1) is 0 Å². The van der Waals surface area contributed by atoms with Gasteiger partial charge in [-0.3, -0.25) is 0 Å². The van der Waals surface area contributed by atoms with Gasteiger partial charge in [0.05, 0.1) is 0 Å². The van der Waals surface area contributed by atoms with Crippen molar-refractivity contribution in [2.45, 2.75) is 32.2 Å². The standard InChI is InChI=1S/C12H16FNO/c1-8-10(7-9-3-2-6-14-9)12(15)5-4-11(8)13/h4-5,9,14-15H,2-3,6-7H2,1H3. The SMILES string of the molecule is Cc1c(F)ccc(O)c1CC1CCCN1. The average Bonchev–Trinajstić information content (AvgIpc) is 2.71. The van der Waals surface area contributed by atoms with E-state index in [-0.39, 0.29) is 11.6 Å². The first-order valence-corrected chi connectivity index (χ1v) is 5.39. The molecule has 0 aliphatic carbocycles. The molecule has 1 heterocycles. The van der Waals surface area contributed by atoms with E-state index in [2.05, 4.69) is 5.32 Å². The number of hydrogen-bond acceptors (Lipinski definition) is 2. The second-order valence-electron chi connectivity index (χ2n) is 4.17. The van der Waals surface area contributed by atoms with Crippen LogP contribution in [0.15, 0.2) is 12.1 Å². The van der Waals surface area contributed by atoms with E-state index in [1.54, 1.807) is 6.92 Å². The first kappa shape index (κ1) is 10.4. The molecule has 0 bridgehead atoms. The molecule has 2 nitrogen and oxygen atoms in total. The molecule has 1 fully saturated rings. The van der Waals surface area contributed by atoms with Crippen LogP contribution in [0.4, 0.5) is 4.39 Å². The maximum Gasteiger partial charge on any atom is 0.126 e. The van der Waals surface area contributed by atoms with Crippen molar-refractivity contribution in [3.63, 3.8) is 0 Å². The summed E-state index contributed by atoms with van der Waals surface area (Å²) < 4.78 is 13.3. The molecular formula is C12H16FNO. The fourth-order valence-electron chi connectivity index (χ4n) is 2.15. The summed E-state index contributed by atoms with van der Waals surface area (Å²) in [5.41, 5.74) is 1.32. The molecule has 1 saturated heterocycles. The number of aromatic hydroxyl groups is 1. The van der Waals surface area contributed by atoms with Gasteiger partial charge >= 0.3 is 0 Å². The summed E-state index contributed by atoms with van der Waals surface area (Å²) in [6.07, 6.45) is 2.99. The summed E-state index contributed by atoms with van der Waals surface area (Å²) >= 11 is 0. The van der Waals surface area contributed by atoms with Gasteiger partial charge in [-0.1, -0.05) is 0 Å². The van der Waals surface area contributed by atoms with Crippen LogP contribution < -0.4 is 5.32 Å². The van der Waals surface area contributed by atoms with Crippen LogP contribution in [0.25, 0.3) is 0 Å². The normalized spacial score (nSPS) is 20.8. The number of hydrogen-bond donors (Lipinski definition) is 2. The number of phenolic OH excluding ortho intramolecular Hbond substituents is 1. The van der Waals surface area contributed by atoms with Gasteiger partial charge in [-0.25, -0.2) is 4.39 Å². The molecule has 0 amide bonds. The highest BCUT2D eigenvalue weighted by molar-refractivity contribution is 5.40. The zero-order valence-electron chi connectivity index (χ0n) is 8.89. The van der Waals surface area contributed by atoms with Gasteiger partial charge in [0, 0.05) is 11.6 Å². The third-order valence-electron chi connectivity index (χ3n) is 3.12. The van der Waals surface area contributed by atoms with Crippen molar-refractivity contribution in [3.05, 3.63) is 29.1 Å². The minimum Gasteiger partial charge on any atom is -0.508 e. The van der Waals surface area contributed by atoms with Gasteiger partial charge in [-0.05, 0) is 50.4 Å². The van der Waals surface area contributed by atoms with Crippen LogP contribution in [-0.4, -0.2) is 17.7 Å². The molecule has 1 aromatic rings. The lowest BCUT2D eigenvalue weighted by molar-refractivity contribution is 0.457. The van der Waals surface area contributed by atoms with Gasteiger partial charge in [-0.2, -0.15) is 0 Å². The summed E-state index contributed by atoms with van der Waals surface area (Å²) in [7, 11) is 0. The number of benzene rings is 1. The fourth-order valence-corrected chi connectivity index (χ4v) is 2.15. The van der Waals surface area contributed by atoms with Crippen molar-refractivity contribution in [2.24, 2.45) is 0 Å². The Hall–Kier alpha value is -1.09. The highest BCUT2D eigenvalue weighted by atomic mass is 19.1. The smallest absolute Gasteiger partial charge is 0.126 e. The van der Waals surface area contributed by atoms with Crippen LogP contribution in [0.5, 0.6) is 5.75 Å². The Morgan fingerprint density at radius 1 is 1.53 bits per heavy atom. The van der Waals surface area contributed by atoms with Crippen molar-refractivity contribution in [3.8, 4) is 5.75 Å². The summed E-state index contributed by atoms with van der Waals surface area (Å²) in [6, 6.07) is 3.14.